The molecule has 2 aliphatic carbocycles. The zero-order chi connectivity index (χ0) is 29.9. The number of alkyl halides is 1. The predicted octanol–water partition coefficient (Wildman–Crippen LogP) is 3.10. The number of H-pyrrole nitrogens is 1. The quantitative estimate of drug-likeness (QED) is 0.510. The van der Waals surface area contributed by atoms with Gasteiger partial charge in [0.2, 0.25) is 5.91 Å². The van der Waals surface area contributed by atoms with Crippen LogP contribution in [0.4, 0.5) is 4.39 Å². The van der Waals surface area contributed by atoms with E-state index in [0.29, 0.717) is 26.2 Å². The van der Waals surface area contributed by atoms with E-state index < -0.39 is 24.2 Å². The normalized spacial score (nSPS) is 35.4. The molecule has 3 saturated heterocycles. The summed E-state index contributed by atoms with van der Waals surface area (Å²) in [6, 6.07) is 7.23. The van der Waals surface area contributed by atoms with Crippen molar-refractivity contribution in [1.82, 2.24) is 25.0 Å². The Hall–Kier alpha value is -3.24. The van der Waals surface area contributed by atoms with Gasteiger partial charge >= 0.3 is 0 Å². The lowest BCUT2D eigenvalue weighted by molar-refractivity contribution is -0.210. The Morgan fingerprint density at radius 3 is 2.70 bits per heavy atom. The number of amides is 2. The number of aromatic nitrogens is 1. The van der Waals surface area contributed by atoms with Crippen LogP contribution in [0, 0.1) is 5.92 Å². The number of carbonyl (C=O) groups is 3. The molecule has 0 spiro atoms. The Labute approximate surface area is 257 Å². The SMILES string of the molecule is O=C(Cc1c[nH]c2ccccc12)NC1CCN(C2C(F)CC3C(=O)C(C(=O)N4CCCC4)=CN4C5CCCCC5OC2C34)C1. The maximum Gasteiger partial charge on any atom is 0.258 e. The molecule has 2 N–H and O–H groups in total. The van der Waals surface area contributed by atoms with Gasteiger partial charge in [0.05, 0.1) is 42.3 Å². The fraction of sp³-hybridized carbons (Fsp3) is 0.618. The summed E-state index contributed by atoms with van der Waals surface area (Å²) in [7, 11) is 0. The van der Waals surface area contributed by atoms with Gasteiger partial charge in [0.1, 0.15) is 6.17 Å². The highest BCUT2D eigenvalue weighted by molar-refractivity contribution is 6.20. The van der Waals surface area contributed by atoms with E-state index in [2.05, 4.69) is 20.1 Å². The number of hydrogen-bond donors (Lipinski definition) is 2. The summed E-state index contributed by atoms with van der Waals surface area (Å²) in [5, 5.41) is 4.25. The van der Waals surface area contributed by atoms with Crippen molar-refractivity contribution in [2.24, 2.45) is 5.92 Å². The van der Waals surface area contributed by atoms with E-state index in [1.807, 2.05) is 36.7 Å². The number of ether oxygens (including phenoxy) is 1. The second kappa shape index (κ2) is 11.3. The fourth-order valence-corrected chi connectivity index (χ4v) is 9.15. The molecule has 44 heavy (non-hydrogen) atoms. The molecule has 1 aromatic heterocycles. The van der Waals surface area contributed by atoms with E-state index in [1.165, 1.54) is 0 Å². The lowest BCUT2D eigenvalue weighted by atomic mass is 9.69. The largest absolute Gasteiger partial charge is 0.369 e. The lowest BCUT2D eigenvalue weighted by Gasteiger charge is -2.60. The van der Waals surface area contributed by atoms with Crippen molar-refractivity contribution in [2.45, 2.75) is 100 Å². The van der Waals surface area contributed by atoms with E-state index in [0.717, 1.165) is 61.4 Å². The van der Waals surface area contributed by atoms with Crippen LogP contribution in [0.2, 0.25) is 0 Å². The van der Waals surface area contributed by atoms with E-state index in [4.69, 9.17) is 4.74 Å². The van der Waals surface area contributed by atoms with E-state index in [-0.39, 0.29) is 60.2 Å². The van der Waals surface area contributed by atoms with Crippen LogP contribution >= 0.6 is 0 Å². The summed E-state index contributed by atoms with van der Waals surface area (Å²) in [6.45, 7) is 2.57. The molecule has 4 aliphatic heterocycles. The van der Waals surface area contributed by atoms with Crippen LogP contribution in [0.25, 0.3) is 10.9 Å². The Bertz CT molecular complexity index is 1480. The van der Waals surface area contributed by atoms with Crippen LogP contribution in [0.1, 0.15) is 56.9 Å². The van der Waals surface area contributed by atoms with E-state index in [1.54, 1.807) is 4.90 Å². The van der Waals surface area contributed by atoms with Crippen molar-refractivity contribution in [3.05, 3.63) is 47.8 Å². The zero-order valence-corrected chi connectivity index (χ0v) is 25.1. The highest BCUT2D eigenvalue weighted by Crippen LogP contribution is 2.47. The van der Waals surface area contributed by atoms with E-state index in [9.17, 15) is 14.4 Å². The van der Waals surface area contributed by atoms with Gasteiger partial charge in [0, 0.05) is 61.4 Å². The van der Waals surface area contributed by atoms with Crippen LogP contribution < -0.4 is 5.32 Å². The number of rotatable bonds is 5. The number of benzene rings is 1. The van der Waals surface area contributed by atoms with Crippen molar-refractivity contribution in [3.63, 3.8) is 0 Å². The number of fused-ring (bicyclic) bond motifs is 3. The highest BCUT2D eigenvalue weighted by Gasteiger charge is 2.60. The zero-order valence-electron chi connectivity index (χ0n) is 25.1. The molecule has 10 heteroatoms. The predicted molar refractivity (Wildman–Crippen MR) is 162 cm³/mol. The molecule has 2 amide bonds. The fourth-order valence-electron chi connectivity index (χ4n) is 9.15. The number of nitrogens with zero attached hydrogens (tertiary/aromatic N) is 3. The van der Waals surface area contributed by atoms with Crippen molar-refractivity contribution in [2.75, 3.05) is 26.2 Å². The monoisotopic (exact) mass is 603 g/mol. The number of morpholine rings is 1. The maximum absolute atomic E-state index is 16.4. The van der Waals surface area contributed by atoms with Gasteiger partial charge in [-0.1, -0.05) is 31.0 Å². The third-order valence-electron chi connectivity index (χ3n) is 11.2. The highest BCUT2D eigenvalue weighted by atomic mass is 19.1. The standard InChI is InChI=1S/C34H42FN5O4/c35-25-16-23-30-33(31(25)39-14-11-21(18-39)37-29(41)15-20-17-36-26-8-2-1-7-22(20)26)44-28-10-4-3-9-27(28)40(30)19-24(32(23)42)34(43)38-12-5-6-13-38/h1-2,7-8,17,19,21,23,25,27-28,30-31,33,36H,3-6,9-16,18H2,(H,37,41). The maximum atomic E-state index is 16.4. The molecule has 8 rings (SSSR count). The molecule has 0 radical (unpaired) electrons. The molecule has 1 aromatic carbocycles. The van der Waals surface area contributed by atoms with Gasteiger partial charge in [-0.3, -0.25) is 19.3 Å². The molecular formula is C34H42FN5O4. The topological polar surface area (TPSA) is 98.0 Å². The molecule has 5 fully saturated rings. The summed E-state index contributed by atoms with van der Waals surface area (Å²) < 4.78 is 23.2. The molecule has 8 unspecified atom stereocenters. The molecule has 5 heterocycles. The number of carbonyl (C=O) groups excluding carboxylic acids is 3. The first-order valence-electron chi connectivity index (χ1n) is 16.7. The van der Waals surface area contributed by atoms with Crippen molar-refractivity contribution in [1.29, 1.82) is 0 Å². The first kappa shape index (κ1) is 28.2. The third kappa shape index (κ3) is 4.76. The Balaban J connectivity index is 1.01. The molecule has 2 saturated carbocycles. The molecule has 9 nitrogen and oxygen atoms in total. The second-order valence-corrected chi connectivity index (χ2v) is 13.8. The van der Waals surface area contributed by atoms with Crippen molar-refractivity contribution < 1.29 is 23.5 Å². The van der Waals surface area contributed by atoms with Gasteiger partial charge in [-0.15, -0.1) is 0 Å². The van der Waals surface area contributed by atoms with Gasteiger partial charge in [0.15, 0.2) is 5.78 Å². The smallest absolute Gasteiger partial charge is 0.258 e. The molecule has 234 valence electrons. The molecule has 2 aromatic rings. The van der Waals surface area contributed by atoms with E-state index >= 15 is 4.39 Å². The molecule has 8 atom stereocenters. The number of likely N-dealkylation sites (tertiary alicyclic amines) is 2. The average Bonchev–Trinajstić information content (AvgIpc) is 3.81. The van der Waals surface area contributed by atoms with Crippen LogP contribution in [-0.2, 0) is 25.5 Å². The summed E-state index contributed by atoms with van der Waals surface area (Å²) >= 11 is 0. The number of para-hydroxylation sites is 1. The van der Waals surface area contributed by atoms with Crippen LogP contribution in [0.3, 0.4) is 0 Å². The molecular weight excluding hydrogens is 561 g/mol. The Morgan fingerprint density at radius 1 is 1.02 bits per heavy atom. The van der Waals surface area contributed by atoms with Gasteiger partial charge in [-0.05, 0) is 50.2 Å². The van der Waals surface area contributed by atoms with Crippen molar-refractivity contribution in [3.8, 4) is 0 Å². The first-order chi connectivity index (χ1) is 21.5. The van der Waals surface area contributed by atoms with Crippen LogP contribution in [-0.4, -0.2) is 106 Å². The minimum absolute atomic E-state index is 0.0366. The van der Waals surface area contributed by atoms with Crippen LogP contribution in [0.15, 0.2) is 42.2 Å². The number of halogens is 1. The van der Waals surface area contributed by atoms with Gasteiger partial charge < -0.3 is 24.8 Å². The number of ketones is 1. The van der Waals surface area contributed by atoms with Gasteiger partial charge in [-0.2, -0.15) is 0 Å². The molecule has 6 aliphatic rings. The second-order valence-electron chi connectivity index (χ2n) is 13.8. The molecule has 0 bridgehead atoms. The average molecular weight is 604 g/mol. The van der Waals surface area contributed by atoms with Crippen LogP contribution in [0.5, 0.6) is 0 Å². The number of nitrogens with one attached hydrogen (secondary N) is 2. The third-order valence-corrected chi connectivity index (χ3v) is 11.2. The van der Waals surface area contributed by atoms with Gasteiger partial charge in [0.25, 0.3) is 5.91 Å². The minimum Gasteiger partial charge on any atom is -0.369 e. The lowest BCUT2D eigenvalue weighted by Crippen LogP contribution is -2.73. The summed E-state index contributed by atoms with van der Waals surface area (Å²) in [6.07, 6.45) is 9.03. The summed E-state index contributed by atoms with van der Waals surface area (Å²) in [5.41, 5.74) is 2.21. The number of aromatic amines is 1. The summed E-state index contributed by atoms with van der Waals surface area (Å²) in [4.78, 5) is 49.9. The first-order valence-corrected chi connectivity index (χ1v) is 16.7. The number of hydrogen-bond acceptors (Lipinski definition) is 6. The Morgan fingerprint density at radius 2 is 1.84 bits per heavy atom. The van der Waals surface area contributed by atoms with Crippen molar-refractivity contribution >= 4 is 28.5 Å². The Kier molecular flexibility index (Phi) is 7.24. The minimum atomic E-state index is -1.26. The number of Topliss-reactive ketones (excluding diaryl/α,β-unsaturated/α-hetero) is 1. The summed E-state index contributed by atoms with van der Waals surface area (Å²) in [5.74, 6) is -1.03. The van der Waals surface area contributed by atoms with Gasteiger partial charge in [-0.25, -0.2) is 4.39 Å².